The van der Waals surface area contributed by atoms with Crippen LogP contribution >= 0.6 is 0 Å². The van der Waals surface area contributed by atoms with Crippen LogP contribution in [-0.4, -0.2) is 26.2 Å². The molecule has 1 fully saturated rings. The Hall–Kier alpha value is -0.970. The van der Waals surface area contributed by atoms with Crippen molar-refractivity contribution in [2.45, 2.75) is 59.2 Å². The van der Waals surface area contributed by atoms with Gasteiger partial charge in [0.25, 0.3) is 0 Å². The van der Waals surface area contributed by atoms with Gasteiger partial charge in [0.05, 0.1) is 6.54 Å². The Morgan fingerprint density at radius 2 is 2.19 bits per heavy atom. The molecule has 0 aromatic carbocycles. The first-order valence-corrected chi connectivity index (χ1v) is 6.09. The van der Waals surface area contributed by atoms with E-state index in [0.29, 0.717) is 6.04 Å². The van der Waals surface area contributed by atoms with Crippen molar-refractivity contribution in [1.82, 2.24) is 25.5 Å². The molecule has 0 bridgehead atoms. The Morgan fingerprint density at radius 3 is 2.81 bits per heavy atom. The van der Waals surface area contributed by atoms with Crippen molar-refractivity contribution in [3.05, 3.63) is 5.82 Å². The van der Waals surface area contributed by atoms with E-state index in [1.807, 2.05) is 4.68 Å². The fraction of sp³-hybridized carbons (Fsp3) is 0.909. The van der Waals surface area contributed by atoms with Crippen molar-refractivity contribution in [2.75, 3.05) is 0 Å². The number of hydrogen-bond donors (Lipinski definition) is 1. The van der Waals surface area contributed by atoms with Crippen LogP contribution in [0.25, 0.3) is 0 Å². The molecule has 5 nitrogen and oxygen atoms in total. The van der Waals surface area contributed by atoms with Gasteiger partial charge in [0, 0.05) is 12.6 Å². The van der Waals surface area contributed by atoms with E-state index in [9.17, 15) is 0 Å². The van der Waals surface area contributed by atoms with E-state index < -0.39 is 0 Å². The Kier molecular flexibility index (Phi) is 3.23. The Morgan fingerprint density at radius 1 is 1.44 bits per heavy atom. The summed E-state index contributed by atoms with van der Waals surface area (Å²) in [5.74, 6) is 0.952. The maximum Gasteiger partial charge on any atom is 0.165 e. The number of nitrogens with zero attached hydrogens (tertiary/aromatic N) is 4. The van der Waals surface area contributed by atoms with E-state index in [4.69, 9.17) is 0 Å². The van der Waals surface area contributed by atoms with Crippen LogP contribution in [0, 0.1) is 5.41 Å². The van der Waals surface area contributed by atoms with Crippen molar-refractivity contribution < 1.29 is 0 Å². The minimum absolute atomic E-state index is 0.254. The summed E-state index contributed by atoms with van der Waals surface area (Å²) in [7, 11) is 0. The van der Waals surface area contributed by atoms with Crippen molar-refractivity contribution in [1.29, 1.82) is 0 Å². The summed E-state index contributed by atoms with van der Waals surface area (Å²) < 4.78 is 1.93. The molecule has 1 aliphatic rings. The first-order valence-electron chi connectivity index (χ1n) is 6.09. The maximum absolute atomic E-state index is 4.07. The first-order chi connectivity index (χ1) is 7.61. The molecule has 0 spiro atoms. The summed E-state index contributed by atoms with van der Waals surface area (Å²) in [6, 6.07) is 0.698. The molecule has 1 aromatic heterocycles. The first kappa shape index (κ1) is 11.5. The summed E-state index contributed by atoms with van der Waals surface area (Å²) in [6.07, 6.45) is 3.71. The predicted molar refractivity (Wildman–Crippen MR) is 61.8 cm³/mol. The van der Waals surface area contributed by atoms with Gasteiger partial charge >= 0.3 is 0 Å². The van der Waals surface area contributed by atoms with Gasteiger partial charge in [-0.1, -0.05) is 20.8 Å². The zero-order chi connectivity index (χ0) is 11.6. The van der Waals surface area contributed by atoms with E-state index in [1.165, 1.54) is 12.8 Å². The minimum Gasteiger partial charge on any atom is -0.307 e. The molecule has 90 valence electrons. The highest BCUT2D eigenvalue weighted by Crippen LogP contribution is 2.22. The second kappa shape index (κ2) is 4.49. The molecule has 1 saturated carbocycles. The molecule has 5 heteroatoms. The Labute approximate surface area is 96.6 Å². The Balaban J connectivity index is 1.94. The van der Waals surface area contributed by atoms with E-state index >= 15 is 0 Å². The van der Waals surface area contributed by atoms with Crippen LogP contribution in [0.1, 0.15) is 45.9 Å². The lowest BCUT2D eigenvalue weighted by atomic mass is 9.90. The summed E-state index contributed by atoms with van der Waals surface area (Å²) in [5, 5.41) is 15.3. The van der Waals surface area contributed by atoms with Crippen LogP contribution in [-0.2, 0) is 13.1 Å². The normalized spacial score (nSPS) is 16.7. The van der Waals surface area contributed by atoms with Crippen LogP contribution < -0.4 is 5.32 Å². The van der Waals surface area contributed by atoms with Gasteiger partial charge in [0.15, 0.2) is 5.82 Å². The van der Waals surface area contributed by atoms with Crippen LogP contribution in [0.2, 0.25) is 0 Å². The third-order valence-electron chi connectivity index (χ3n) is 3.27. The largest absolute Gasteiger partial charge is 0.307 e. The molecule has 0 amide bonds. The maximum atomic E-state index is 4.07. The van der Waals surface area contributed by atoms with E-state index in [2.05, 4.69) is 41.6 Å². The van der Waals surface area contributed by atoms with Gasteiger partial charge in [-0.2, -0.15) is 0 Å². The third-order valence-corrected chi connectivity index (χ3v) is 3.27. The van der Waals surface area contributed by atoms with Gasteiger partial charge in [0.2, 0.25) is 0 Å². The van der Waals surface area contributed by atoms with Crippen molar-refractivity contribution >= 4 is 0 Å². The molecule has 1 aromatic rings. The van der Waals surface area contributed by atoms with Gasteiger partial charge in [-0.3, -0.25) is 0 Å². The van der Waals surface area contributed by atoms with E-state index in [-0.39, 0.29) is 5.41 Å². The number of hydrogen-bond acceptors (Lipinski definition) is 4. The molecule has 0 atom stereocenters. The monoisotopic (exact) mass is 223 g/mol. The van der Waals surface area contributed by atoms with Gasteiger partial charge in [-0.05, 0) is 35.1 Å². The highest BCUT2D eigenvalue weighted by atomic mass is 15.5. The third kappa shape index (κ3) is 3.01. The molecule has 0 saturated heterocycles. The lowest BCUT2D eigenvalue weighted by Gasteiger charge is -2.22. The number of nitrogens with one attached hydrogen (secondary N) is 1. The van der Waals surface area contributed by atoms with Crippen molar-refractivity contribution in [3.8, 4) is 0 Å². The summed E-state index contributed by atoms with van der Waals surface area (Å²) >= 11 is 0. The topological polar surface area (TPSA) is 55.6 Å². The number of rotatable bonds is 6. The molecular weight excluding hydrogens is 202 g/mol. The quantitative estimate of drug-likeness (QED) is 0.791. The molecule has 0 unspecified atom stereocenters. The standard InChI is InChI=1S/C11H21N5/c1-4-11(2,3)8-16-10(13-14-15-16)7-12-9-5-6-9/h9,12H,4-8H2,1-3H3. The summed E-state index contributed by atoms with van der Waals surface area (Å²) in [5.41, 5.74) is 0.254. The van der Waals surface area contributed by atoms with E-state index in [0.717, 1.165) is 25.3 Å². The van der Waals surface area contributed by atoms with Gasteiger partial charge < -0.3 is 5.32 Å². The van der Waals surface area contributed by atoms with Gasteiger partial charge in [-0.25, -0.2) is 4.68 Å². The van der Waals surface area contributed by atoms with Crippen LogP contribution in [0.5, 0.6) is 0 Å². The van der Waals surface area contributed by atoms with Crippen LogP contribution in [0.3, 0.4) is 0 Å². The summed E-state index contributed by atoms with van der Waals surface area (Å²) in [4.78, 5) is 0. The van der Waals surface area contributed by atoms with Gasteiger partial charge in [0.1, 0.15) is 0 Å². The second-order valence-electron chi connectivity index (χ2n) is 5.43. The molecular formula is C11H21N5. The second-order valence-corrected chi connectivity index (χ2v) is 5.43. The van der Waals surface area contributed by atoms with Crippen LogP contribution in [0.15, 0.2) is 0 Å². The minimum atomic E-state index is 0.254. The number of tetrazole rings is 1. The number of aromatic nitrogens is 4. The lowest BCUT2D eigenvalue weighted by Crippen LogP contribution is -2.24. The molecule has 1 N–H and O–H groups in total. The lowest BCUT2D eigenvalue weighted by molar-refractivity contribution is 0.272. The Bertz CT molecular complexity index is 340. The molecule has 0 radical (unpaired) electrons. The van der Waals surface area contributed by atoms with Crippen molar-refractivity contribution in [2.24, 2.45) is 5.41 Å². The van der Waals surface area contributed by atoms with Crippen molar-refractivity contribution in [3.63, 3.8) is 0 Å². The van der Waals surface area contributed by atoms with Crippen LogP contribution in [0.4, 0.5) is 0 Å². The predicted octanol–water partition coefficient (Wildman–Crippen LogP) is 1.36. The fourth-order valence-electron chi connectivity index (χ4n) is 1.51. The highest BCUT2D eigenvalue weighted by Gasteiger charge is 2.23. The molecule has 1 heterocycles. The average Bonchev–Trinajstić information content (AvgIpc) is 2.98. The smallest absolute Gasteiger partial charge is 0.165 e. The molecule has 1 aliphatic carbocycles. The fourth-order valence-corrected chi connectivity index (χ4v) is 1.51. The highest BCUT2D eigenvalue weighted by molar-refractivity contribution is 4.87. The summed E-state index contributed by atoms with van der Waals surface area (Å²) in [6.45, 7) is 8.36. The molecule has 0 aliphatic heterocycles. The molecule has 16 heavy (non-hydrogen) atoms. The average molecular weight is 223 g/mol. The van der Waals surface area contributed by atoms with E-state index in [1.54, 1.807) is 0 Å². The zero-order valence-electron chi connectivity index (χ0n) is 10.4. The van der Waals surface area contributed by atoms with Gasteiger partial charge in [-0.15, -0.1) is 5.10 Å². The SMILES string of the molecule is CCC(C)(C)Cn1nnnc1CNC1CC1. The molecule has 2 rings (SSSR count). The zero-order valence-corrected chi connectivity index (χ0v) is 10.4.